The number of nitrogens with one attached hydrogen (secondary N) is 3. The Kier molecular flexibility index (Phi) is 4.54. The third-order valence-electron chi connectivity index (χ3n) is 6.13. The molecule has 34 heavy (non-hydrogen) atoms. The maximum Gasteiger partial charge on any atom is 0.252 e. The standard InChI is InChI=1S/C21H16ClF4N7O/c22-16-15(10-4-28-32-18(10)19(17(16)24)29-8-2-21(25,26)3-8)12-6-33-7-13(30-14(33)5-27-12)31-20(34)9-1-11(9)23/h4-9,11,29H,1-3H2,(H,28,32)(H,31,34). The lowest BCUT2D eigenvalue weighted by Crippen LogP contribution is -2.44. The van der Waals surface area contributed by atoms with Gasteiger partial charge in [-0.05, 0) is 6.42 Å². The van der Waals surface area contributed by atoms with Crippen LogP contribution in [0.4, 0.5) is 29.1 Å². The maximum atomic E-state index is 15.3. The predicted molar refractivity (Wildman–Crippen MR) is 116 cm³/mol. The third kappa shape index (κ3) is 3.44. The zero-order chi connectivity index (χ0) is 23.8. The first-order valence-corrected chi connectivity index (χ1v) is 10.9. The van der Waals surface area contributed by atoms with Gasteiger partial charge in [-0.3, -0.25) is 14.9 Å². The first-order chi connectivity index (χ1) is 16.2. The average molecular weight is 494 g/mol. The SMILES string of the molecule is O=C(Nc1cn2cc(-c3c(Cl)c(F)c(NC4CC(F)(F)C4)c4[nH]ncc34)ncc2n1)C1CC1F. The van der Waals surface area contributed by atoms with Crippen molar-refractivity contribution in [2.24, 2.45) is 5.92 Å². The second kappa shape index (κ2) is 7.29. The molecule has 2 saturated carbocycles. The topological polar surface area (TPSA) is 100 Å². The summed E-state index contributed by atoms with van der Waals surface area (Å²) in [7, 11) is 0. The molecule has 0 saturated heterocycles. The number of aromatic nitrogens is 5. The lowest BCUT2D eigenvalue weighted by molar-refractivity contribution is -0.117. The first kappa shape index (κ1) is 21.1. The van der Waals surface area contributed by atoms with Gasteiger partial charge < -0.3 is 15.0 Å². The summed E-state index contributed by atoms with van der Waals surface area (Å²) < 4.78 is 56.4. The molecule has 0 aliphatic heterocycles. The zero-order valence-electron chi connectivity index (χ0n) is 17.2. The van der Waals surface area contributed by atoms with Crippen LogP contribution in [0, 0.1) is 11.7 Å². The van der Waals surface area contributed by atoms with Crippen LogP contribution in [0.1, 0.15) is 19.3 Å². The number of hydrogen-bond acceptors (Lipinski definition) is 5. The monoisotopic (exact) mass is 493 g/mol. The van der Waals surface area contributed by atoms with E-state index in [1.54, 1.807) is 10.6 Å². The Morgan fingerprint density at radius 3 is 2.74 bits per heavy atom. The Morgan fingerprint density at radius 1 is 1.26 bits per heavy atom. The smallest absolute Gasteiger partial charge is 0.252 e. The van der Waals surface area contributed by atoms with Gasteiger partial charge in [-0.25, -0.2) is 22.5 Å². The molecule has 3 aromatic heterocycles. The molecular weight excluding hydrogens is 478 g/mol. The number of halogens is 5. The summed E-state index contributed by atoms with van der Waals surface area (Å²) in [6.45, 7) is 0. The molecule has 0 bridgehead atoms. The van der Waals surface area contributed by atoms with Crippen molar-refractivity contribution in [2.45, 2.75) is 37.4 Å². The van der Waals surface area contributed by atoms with Gasteiger partial charge in [-0.1, -0.05) is 11.6 Å². The molecule has 4 aromatic rings. The van der Waals surface area contributed by atoms with Crippen LogP contribution >= 0.6 is 11.6 Å². The van der Waals surface area contributed by atoms with E-state index >= 15 is 4.39 Å². The number of benzene rings is 1. The highest BCUT2D eigenvalue weighted by molar-refractivity contribution is 6.35. The minimum atomic E-state index is -2.76. The van der Waals surface area contributed by atoms with Crippen LogP contribution in [-0.2, 0) is 4.79 Å². The van der Waals surface area contributed by atoms with Crippen LogP contribution in [0.25, 0.3) is 27.8 Å². The number of H-pyrrole nitrogens is 1. The molecule has 8 nitrogen and oxygen atoms in total. The third-order valence-corrected chi connectivity index (χ3v) is 6.48. The van der Waals surface area contributed by atoms with Crippen molar-refractivity contribution in [3.05, 3.63) is 35.6 Å². The van der Waals surface area contributed by atoms with E-state index in [2.05, 4.69) is 30.8 Å². The Bertz CT molecular complexity index is 1460. The van der Waals surface area contributed by atoms with E-state index in [1.165, 1.54) is 18.6 Å². The summed E-state index contributed by atoms with van der Waals surface area (Å²) in [5.41, 5.74) is 1.20. The number of alkyl halides is 3. The van der Waals surface area contributed by atoms with Crippen LogP contribution in [-0.4, -0.2) is 48.6 Å². The van der Waals surface area contributed by atoms with Crippen LogP contribution in [0.5, 0.6) is 0 Å². The van der Waals surface area contributed by atoms with Crippen LogP contribution in [0.3, 0.4) is 0 Å². The number of nitrogens with zero attached hydrogens (tertiary/aromatic N) is 4. The van der Waals surface area contributed by atoms with Crippen molar-refractivity contribution >= 4 is 45.6 Å². The van der Waals surface area contributed by atoms with Gasteiger partial charge in [0.15, 0.2) is 17.3 Å². The number of anilines is 2. The van der Waals surface area contributed by atoms with E-state index < -0.39 is 48.6 Å². The van der Waals surface area contributed by atoms with E-state index in [4.69, 9.17) is 11.6 Å². The zero-order valence-corrected chi connectivity index (χ0v) is 18.0. The Morgan fingerprint density at radius 2 is 2.03 bits per heavy atom. The van der Waals surface area contributed by atoms with Gasteiger partial charge in [0.05, 0.1) is 46.4 Å². The first-order valence-electron chi connectivity index (χ1n) is 10.5. The molecule has 3 N–H and O–H groups in total. The quantitative estimate of drug-likeness (QED) is 0.354. The van der Waals surface area contributed by atoms with Crippen molar-refractivity contribution in [3.8, 4) is 11.3 Å². The Hall–Kier alpha value is -3.41. The second-order valence-electron chi connectivity index (χ2n) is 8.65. The van der Waals surface area contributed by atoms with Crippen LogP contribution in [0.2, 0.25) is 5.02 Å². The van der Waals surface area contributed by atoms with Crippen molar-refractivity contribution in [2.75, 3.05) is 10.6 Å². The molecule has 0 radical (unpaired) electrons. The number of aromatic amines is 1. The van der Waals surface area contributed by atoms with Crippen LogP contribution < -0.4 is 10.6 Å². The molecule has 0 spiro atoms. The molecule has 1 aromatic carbocycles. The molecule has 2 aliphatic carbocycles. The van der Waals surface area contributed by atoms with E-state index in [0.29, 0.717) is 16.7 Å². The molecule has 2 fully saturated rings. The van der Waals surface area contributed by atoms with Gasteiger partial charge in [0.2, 0.25) is 5.91 Å². The van der Waals surface area contributed by atoms with Gasteiger partial charge in [-0.2, -0.15) is 5.10 Å². The van der Waals surface area contributed by atoms with Crippen molar-refractivity contribution < 1.29 is 22.4 Å². The van der Waals surface area contributed by atoms with E-state index in [-0.39, 0.29) is 34.0 Å². The molecule has 2 unspecified atom stereocenters. The molecule has 176 valence electrons. The molecule has 2 atom stereocenters. The number of carbonyl (C=O) groups is 1. The molecule has 3 heterocycles. The van der Waals surface area contributed by atoms with Crippen LogP contribution in [0.15, 0.2) is 24.8 Å². The summed E-state index contributed by atoms with van der Waals surface area (Å²) in [6.07, 6.45) is 4.23. The van der Waals surface area contributed by atoms with Crippen molar-refractivity contribution in [1.29, 1.82) is 0 Å². The highest BCUT2D eigenvalue weighted by Gasteiger charge is 2.46. The van der Waals surface area contributed by atoms with E-state index in [0.717, 1.165) is 0 Å². The molecule has 13 heteroatoms. The molecular formula is C21H16ClF4N7O. The van der Waals surface area contributed by atoms with Crippen molar-refractivity contribution in [3.63, 3.8) is 0 Å². The molecule has 1 amide bonds. The summed E-state index contributed by atoms with van der Waals surface area (Å²) in [4.78, 5) is 20.6. The fraction of sp³-hybridized carbons (Fsp3) is 0.333. The van der Waals surface area contributed by atoms with Crippen molar-refractivity contribution in [1.82, 2.24) is 24.6 Å². The van der Waals surface area contributed by atoms with Gasteiger partial charge in [0, 0.05) is 36.0 Å². The summed E-state index contributed by atoms with van der Waals surface area (Å²) in [6, 6.07) is -0.588. The number of amides is 1. The summed E-state index contributed by atoms with van der Waals surface area (Å²) in [5, 5.41) is 12.3. The predicted octanol–water partition coefficient (Wildman–Crippen LogP) is 4.57. The highest BCUT2D eigenvalue weighted by Crippen LogP contribution is 2.44. The van der Waals surface area contributed by atoms with Gasteiger partial charge in [0.25, 0.3) is 5.92 Å². The number of hydrogen-bond donors (Lipinski definition) is 3. The molecule has 6 rings (SSSR count). The van der Waals surface area contributed by atoms with Gasteiger partial charge in [-0.15, -0.1) is 0 Å². The lowest BCUT2D eigenvalue weighted by Gasteiger charge is -2.36. The number of rotatable bonds is 5. The minimum Gasteiger partial charge on any atom is -0.378 e. The van der Waals surface area contributed by atoms with E-state index in [9.17, 15) is 18.0 Å². The van der Waals surface area contributed by atoms with Gasteiger partial charge in [0.1, 0.15) is 6.17 Å². The lowest BCUT2D eigenvalue weighted by atomic mass is 9.88. The molecule has 2 aliphatic rings. The number of imidazole rings is 1. The average Bonchev–Trinajstić information content (AvgIpc) is 3.14. The Labute approximate surface area is 193 Å². The normalized spacial score (nSPS) is 21.6. The largest absolute Gasteiger partial charge is 0.378 e. The Balaban J connectivity index is 1.36. The second-order valence-corrected chi connectivity index (χ2v) is 9.03. The minimum absolute atomic E-state index is 0.0262. The number of fused-ring (bicyclic) bond motifs is 2. The summed E-state index contributed by atoms with van der Waals surface area (Å²) in [5.74, 6) is -4.45. The van der Waals surface area contributed by atoms with Gasteiger partial charge >= 0.3 is 0 Å². The fourth-order valence-electron chi connectivity index (χ4n) is 4.21. The fourth-order valence-corrected chi connectivity index (χ4v) is 4.50. The number of carbonyl (C=O) groups excluding carboxylic acids is 1. The summed E-state index contributed by atoms with van der Waals surface area (Å²) >= 11 is 6.39. The van der Waals surface area contributed by atoms with E-state index in [1.807, 2.05) is 0 Å². The highest BCUT2D eigenvalue weighted by atomic mass is 35.5. The maximum absolute atomic E-state index is 15.3.